The smallest absolute Gasteiger partial charge is 0.370 e. The fourth-order valence-electron chi connectivity index (χ4n) is 2.19. The number of hydrogen-bond donors (Lipinski definition) is 3. The number of carbonyl (C=O) groups excluding carboxylic acids is 2. The highest BCUT2D eigenvalue weighted by molar-refractivity contribution is 7.89. The maximum absolute atomic E-state index is 12.8. The molecule has 4 N–H and O–H groups in total. The normalized spacial score (nSPS) is 13.1. The number of sulfonamides is 1. The fraction of sp³-hybridized carbons (Fsp3) is 0.250. The Morgan fingerprint density at radius 2 is 1.93 bits per heavy atom. The van der Waals surface area contributed by atoms with E-state index in [4.69, 9.17) is 5.73 Å². The van der Waals surface area contributed by atoms with Gasteiger partial charge in [0.2, 0.25) is 21.8 Å². The van der Waals surface area contributed by atoms with Crippen LogP contribution in [0.5, 0.6) is 0 Å². The van der Waals surface area contributed by atoms with Crippen LogP contribution < -0.4 is 15.8 Å². The number of amides is 2. The lowest BCUT2D eigenvalue weighted by molar-refractivity contribution is -0.137. The molecular formula is C16H16F3N3O4S2. The van der Waals surface area contributed by atoms with Gasteiger partial charge >= 0.3 is 6.18 Å². The van der Waals surface area contributed by atoms with Crippen LogP contribution in [0.15, 0.2) is 46.0 Å². The minimum absolute atomic E-state index is 0.260. The third-order valence-electron chi connectivity index (χ3n) is 3.55. The topological polar surface area (TPSA) is 118 Å². The monoisotopic (exact) mass is 435 g/mol. The standard InChI is InChI=1S/C16H16F3N3O4S2/c17-16(18,19)10-2-1-3-12(8-10)28(25,26)22-13(4-5-14(20)23)15(24)21-11-6-7-27-9-11/h1-3,6-9,13,22H,4-5H2,(H2,20,23)(H,21,24)/t13-/m1/s1. The second-order valence-corrected chi connectivity index (χ2v) is 8.20. The fourth-order valence-corrected chi connectivity index (χ4v) is 4.05. The highest BCUT2D eigenvalue weighted by Crippen LogP contribution is 2.30. The molecule has 0 unspecified atom stereocenters. The first kappa shape index (κ1) is 21.9. The number of halogens is 3. The minimum Gasteiger partial charge on any atom is -0.370 e. The summed E-state index contributed by atoms with van der Waals surface area (Å²) >= 11 is 1.29. The van der Waals surface area contributed by atoms with Crippen LogP contribution in [0.4, 0.5) is 18.9 Å². The van der Waals surface area contributed by atoms with Crippen LogP contribution >= 0.6 is 11.3 Å². The molecule has 12 heteroatoms. The Morgan fingerprint density at radius 1 is 1.21 bits per heavy atom. The van der Waals surface area contributed by atoms with Gasteiger partial charge in [-0.05, 0) is 36.1 Å². The number of hydrogen-bond acceptors (Lipinski definition) is 5. The Balaban J connectivity index is 2.25. The zero-order chi connectivity index (χ0) is 20.9. The highest BCUT2D eigenvalue weighted by Gasteiger charge is 2.32. The van der Waals surface area contributed by atoms with E-state index in [0.29, 0.717) is 11.8 Å². The molecule has 0 aliphatic rings. The molecule has 7 nitrogen and oxygen atoms in total. The number of alkyl halides is 3. The van der Waals surface area contributed by atoms with Crippen LogP contribution in [0.1, 0.15) is 18.4 Å². The van der Waals surface area contributed by atoms with Crippen molar-refractivity contribution in [3.05, 3.63) is 46.7 Å². The summed E-state index contributed by atoms with van der Waals surface area (Å²) in [5.74, 6) is -1.53. The molecular weight excluding hydrogens is 419 g/mol. The number of nitrogens with two attached hydrogens (primary N) is 1. The van der Waals surface area contributed by atoms with Crippen LogP contribution in [0.3, 0.4) is 0 Å². The Bertz CT molecular complexity index is 944. The zero-order valence-electron chi connectivity index (χ0n) is 14.2. The van der Waals surface area contributed by atoms with Gasteiger partial charge < -0.3 is 11.1 Å². The van der Waals surface area contributed by atoms with Crippen LogP contribution in [0, 0.1) is 0 Å². The summed E-state index contributed by atoms with van der Waals surface area (Å²) in [7, 11) is -4.47. The minimum atomic E-state index is -4.73. The number of benzene rings is 1. The molecule has 1 aromatic heterocycles. The van der Waals surface area contributed by atoms with Gasteiger partial charge in [0.15, 0.2) is 0 Å². The van der Waals surface area contributed by atoms with E-state index < -0.39 is 44.5 Å². The molecule has 0 aliphatic carbocycles. The molecule has 2 aromatic rings. The van der Waals surface area contributed by atoms with E-state index in [0.717, 1.165) is 18.2 Å². The van der Waals surface area contributed by atoms with Gasteiger partial charge in [-0.3, -0.25) is 9.59 Å². The van der Waals surface area contributed by atoms with Crippen molar-refractivity contribution in [1.82, 2.24) is 4.72 Å². The quantitative estimate of drug-likeness (QED) is 0.590. The SMILES string of the molecule is NC(=O)CC[C@@H](NS(=O)(=O)c1cccc(C(F)(F)F)c1)C(=O)Nc1ccsc1. The molecule has 0 fully saturated rings. The maximum atomic E-state index is 12.8. The molecule has 0 saturated carbocycles. The van der Waals surface area contributed by atoms with Gasteiger partial charge in [-0.15, -0.1) is 0 Å². The maximum Gasteiger partial charge on any atom is 0.416 e. The van der Waals surface area contributed by atoms with Crippen molar-refractivity contribution < 1.29 is 31.2 Å². The van der Waals surface area contributed by atoms with E-state index in [1.807, 2.05) is 4.72 Å². The second-order valence-electron chi connectivity index (χ2n) is 5.71. The van der Waals surface area contributed by atoms with E-state index in [1.165, 1.54) is 11.3 Å². The largest absolute Gasteiger partial charge is 0.416 e. The Kier molecular flexibility index (Phi) is 6.80. The summed E-state index contributed by atoms with van der Waals surface area (Å²) < 4.78 is 65.6. The summed E-state index contributed by atoms with van der Waals surface area (Å²) in [4.78, 5) is 22.8. The predicted octanol–water partition coefficient (Wildman–Crippen LogP) is 2.32. The van der Waals surface area contributed by atoms with Gasteiger partial charge in [0.25, 0.3) is 0 Å². The molecule has 2 rings (SSSR count). The Hall–Kier alpha value is -2.44. The van der Waals surface area contributed by atoms with E-state index in [1.54, 1.807) is 16.8 Å². The average Bonchev–Trinajstić information content (AvgIpc) is 3.10. The van der Waals surface area contributed by atoms with Crippen molar-refractivity contribution in [1.29, 1.82) is 0 Å². The van der Waals surface area contributed by atoms with Crippen molar-refractivity contribution in [2.45, 2.75) is 30.0 Å². The van der Waals surface area contributed by atoms with Crippen molar-refractivity contribution in [3.63, 3.8) is 0 Å². The molecule has 28 heavy (non-hydrogen) atoms. The summed E-state index contributed by atoms with van der Waals surface area (Å²) in [6.07, 6.45) is -5.29. The summed E-state index contributed by atoms with van der Waals surface area (Å²) in [6, 6.07) is 3.28. The Morgan fingerprint density at radius 3 is 2.50 bits per heavy atom. The van der Waals surface area contributed by atoms with Gasteiger partial charge in [-0.1, -0.05) is 6.07 Å². The van der Waals surface area contributed by atoms with Crippen LogP contribution in [-0.4, -0.2) is 26.3 Å². The van der Waals surface area contributed by atoms with Crippen molar-refractivity contribution >= 4 is 38.9 Å². The third-order valence-corrected chi connectivity index (χ3v) is 5.71. The molecule has 0 radical (unpaired) electrons. The second kappa shape index (κ2) is 8.71. The highest BCUT2D eigenvalue weighted by atomic mass is 32.2. The number of primary amides is 1. The van der Waals surface area contributed by atoms with Crippen LogP contribution in [0.2, 0.25) is 0 Å². The summed E-state index contributed by atoms with van der Waals surface area (Å²) in [5, 5.41) is 5.75. The molecule has 0 spiro atoms. The molecule has 152 valence electrons. The van der Waals surface area contributed by atoms with Crippen LogP contribution in [-0.2, 0) is 25.8 Å². The molecule has 1 atom stereocenters. The molecule has 2 amide bonds. The van der Waals surface area contributed by atoms with Gasteiger partial charge in [0.05, 0.1) is 16.1 Å². The third kappa shape index (κ3) is 6.04. The number of carbonyl (C=O) groups is 2. The van der Waals surface area contributed by atoms with Gasteiger partial charge in [-0.25, -0.2) is 8.42 Å². The van der Waals surface area contributed by atoms with Crippen molar-refractivity contribution in [2.75, 3.05) is 5.32 Å². The van der Waals surface area contributed by atoms with E-state index in [9.17, 15) is 31.2 Å². The van der Waals surface area contributed by atoms with Crippen molar-refractivity contribution in [2.24, 2.45) is 5.73 Å². The number of thiophene rings is 1. The first-order valence-corrected chi connectivity index (χ1v) is 10.2. The lowest BCUT2D eigenvalue weighted by atomic mass is 10.1. The number of anilines is 1. The number of rotatable bonds is 8. The lowest BCUT2D eigenvalue weighted by Crippen LogP contribution is -2.44. The van der Waals surface area contributed by atoms with E-state index in [-0.39, 0.29) is 12.8 Å². The number of nitrogens with one attached hydrogen (secondary N) is 2. The predicted molar refractivity (Wildman–Crippen MR) is 96.9 cm³/mol. The molecule has 1 heterocycles. The van der Waals surface area contributed by atoms with E-state index in [2.05, 4.69) is 5.32 Å². The summed E-state index contributed by atoms with van der Waals surface area (Å²) in [6.45, 7) is 0. The molecule has 0 saturated heterocycles. The molecule has 1 aromatic carbocycles. The van der Waals surface area contributed by atoms with Crippen LogP contribution in [0.25, 0.3) is 0 Å². The van der Waals surface area contributed by atoms with Crippen molar-refractivity contribution in [3.8, 4) is 0 Å². The first-order chi connectivity index (χ1) is 13.0. The van der Waals surface area contributed by atoms with Gasteiger partial charge in [0, 0.05) is 11.8 Å². The Labute approximate surface area is 162 Å². The average molecular weight is 435 g/mol. The molecule has 0 bridgehead atoms. The lowest BCUT2D eigenvalue weighted by Gasteiger charge is -2.18. The molecule has 0 aliphatic heterocycles. The van der Waals surface area contributed by atoms with E-state index >= 15 is 0 Å². The van der Waals surface area contributed by atoms with Gasteiger partial charge in [0.1, 0.15) is 6.04 Å². The van der Waals surface area contributed by atoms with Gasteiger partial charge in [-0.2, -0.15) is 29.2 Å². The first-order valence-electron chi connectivity index (χ1n) is 7.80. The zero-order valence-corrected chi connectivity index (χ0v) is 15.8. The summed E-state index contributed by atoms with van der Waals surface area (Å²) in [5.41, 5.74) is 4.32.